The molecular formula is C29H33NO5S. The van der Waals surface area contributed by atoms with Crippen molar-refractivity contribution in [2.24, 2.45) is 0 Å². The van der Waals surface area contributed by atoms with Gasteiger partial charge in [-0.15, -0.1) is 0 Å². The maximum absolute atomic E-state index is 13.9. The van der Waals surface area contributed by atoms with E-state index in [1.165, 1.54) is 4.31 Å². The maximum atomic E-state index is 13.9. The van der Waals surface area contributed by atoms with Crippen molar-refractivity contribution in [3.05, 3.63) is 114 Å². The molecule has 1 heterocycles. The first-order chi connectivity index (χ1) is 17.4. The highest BCUT2D eigenvalue weighted by Crippen LogP contribution is 2.40. The van der Waals surface area contributed by atoms with Crippen molar-refractivity contribution in [2.45, 2.75) is 56.8 Å². The highest BCUT2D eigenvalue weighted by molar-refractivity contribution is 7.89. The predicted molar refractivity (Wildman–Crippen MR) is 140 cm³/mol. The third-order valence-corrected chi connectivity index (χ3v) is 8.18. The Labute approximate surface area is 214 Å². The molecule has 0 aliphatic carbocycles. The lowest BCUT2D eigenvalue weighted by atomic mass is 10.0. The van der Waals surface area contributed by atoms with Crippen LogP contribution >= 0.6 is 0 Å². The van der Waals surface area contributed by atoms with Gasteiger partial charge < -0.3 is 14.2 Å². The third kappa shape index (κ3) is 5.94. The van der Waals surface area contributed by atoms with Crippen LogP contribution < -0.4 is 0 Å². The number of benzene rings is 3. The molecule has 36 heavy (non-hydrogen) atoms. The van der Waals surface area contributed by atoms with Crippen LogP contribution in [0.4, 0.5) is 0 Å². The topological polar surface area (TPSA) is 65.1 Å². The molecule has 0 bridgehead atoms. The third-order valence-electron chi connectivity index (χ3n) is 6.22. The normalized spacial score (nSPS) is 21.7. The van der Waals surface area contributed by atoms with E-state index < -0.39 is 34.5 Å². The Morgan fingerprint density at radius 1 is 0.972 bits per heavy atom. The fourth-order valence-corrected chi connectivity index (χ4v) is 6.10. The molecule has 190 valence electrons. The molecular weight excluding hydrogens is 474 g/mol. The fraction of sp³-hybridized carbons (Fsp3) is 0.310. The largest absolute Gasteiger partial charge is 0.351 e. The van der Waals surface area contributed by atoms with Gasteiger partial charge in [0.15, 0.2) is 6.23 Å². The average Bonchev–Trinajstić information content (AvgIpc) is 3.25. The molecule has 0 N–H and O–H groups in total. The second-order valence-corrected chi connectivity index (χ2v) is 10.7. The summed E-state index contributed by atoms with van der Waals surface area (Å²) in [7, 11) is -3.88. The molecule has 7 heteroatoms. The van der Waals surface area contributed by atoms with Gasteiger partial charge in [-0.1, -0.05) is 90.5 Å². The quantitative estimate of drug-likeness (QED) is 0.203. The molecule has 0 aromatic heterocycles. The number of ether oxygens (including phenoxy) is 3. The van der Waals surface area contributed by atoms with E-state index in [-0.39, 0.29) is 11.7 Å². The van der Waals surface area contributed by atoms with E-state index in [9.17, 15) is 8.42 Å². The summed E-state index contributed by atoms with van der Waals surface area (Å²) in [4.78, 5) is 0.224. The van der Waals surface area contributed by atoms with Crippen molar-refractivity contribution in [1.29, 1.82) is 0 Å². The molecule has 6 nitrogen and oxygen atoms in total. The van der Waals surface area contributed by atoms with Crippen molar-refractivity contribution in [3.8, 4) is 0 Å². The Kier molecular flexibility index (Phi) is 8.72. The Morgan fingerprint density at radius 2 is 1.61 bits per heavy atom. The lowest BCUT2D eigenvalue weighted by molar-refractivity contribution is -0.136. The lowest BCUT2D eigenvalue weighted by Crippen LogP contribution is -2.46. The molecule has 1 fully saturated rings. The first kappa shape index (κ1) is 26.3. The Morgan fingerprint density at radius 3 is 2.25 bits per heavy atom. The number of rotatable bonds is 10. The SMILES string of the molecule is C/C=C/[C@H](OCOCc1ccccc1)[C@H]1O[C@H](c2ccccc2)[C@H](C)N1S(=O)(=O)c1ccc(C)cc1. The number of aryl methyl sites for hydroxylation is 1. The van der Waals surface area contributed by atoms with E-state index >= 15 is 0 Å². The van der Waals surface area contributed by atoms with Gasteiger partial charge in [0.05, 0.1) is 17.5 Å². The first-order valence-corrected chi connectivity index (χ1v) is 13.5. The van der Waals surface area contributed by atoms with Crippen LogP contribution in [0.2, 0.25) is 0 Å². The Hall–Kier alpha value is -2.81. The second-order valence-electron chi connectivity index (χ2n) is 8.86. The molecule has 3 aromatic carbocycles. The van der Waals surface area contributed by atoms with Crippen LogP contribution in [0.15, 0.2) is 102 Å². The summed E-state index contributed by atoms with van der Waals surface area (Å²) in [5, 5.41) is 0. The zero-order valence-corrected chi connectivity index (χ0v) is 21.7. The number of allylic oxidation sites excluding steroid dienone is 1. The molecule has 0 saturated carbocycles. The van der Waals surface area contributed by atoms with Crippen LogP contribution in [-0.4, -0.2) is 37.9 Å². The molecule has 1 saturated heterocycles. The minimum atomic E-state index is -3.88. The summed E-state index contributed by atoms with van der Waals surface area (Å²) < 4.78 is 47.5. The molecule has 4 rings (SSSR count). The summed E-state index contributed by atoms with van der Waals surface area (Å²) in [5.41, 5.74) is 2.93. The Bertz CT molecular complexity index is 1230. The van der Waals surface area contributed by atoms with Crippen LogP contribution in [0.1, 0.15) is 36.6 Å². The van der Waals surface area contributed by atoms with Gasteiger partial charge in [-0.25, -0.2) is 8.42 Å². The van der Waals surface area contributed by atoms with E-state index in [1.54, 1.807) is 24.3 Å². The molecule has 0 spiro atoms. The minimum absolute atomic E-state index is 0.00738. The van der Waals surface area contributed by atoms with Gasteiger partial charge >= 0.3 is 0 Å². The molecule has 4 atom stereocenters. The summed E-state index contributed by atoms with van der Waals surface area (Å²) in [6.45, 7) is 6.06. The lowest BCUT2D eigenvalue weighted by Gasteiger charge is -2.30. The molecule has 1 aliphatic rings. The van der Waals surface area contributed by atoms with Crippen LogP contribution in [0.3, 0.4) is 0 Å². The number of nitrogens with zero attached hydrogens (tertiary/aromatic N) is 1. The van der Waals surface area contributed by atoms with E-state index in [4.69, 9.17) is 14.2 Å². The zero-order valence-electron chi connectivity index (χ0n) is 20.9. The maximum Gasteiger partial charge on any atom is 0.245 e. The van der Waals surface area contributed by atoms with Gasteiger partial charge in [0.25, 0.3) is 0 Å². The van der Waals surface area contributed by atoms with Crippen molar-refractivity contribution >= 4 is 10.0 Å². The van der Waals surface area contributed by atoms with Crippen LogP contribution in [0.25, 0.3) is 0 Å². The van der Waals surface area contributed by atoms with E-state index in [2.05, 4.69) is 0 Å². The fourth-order valence-electron chi connectivity index (χ4n) is 4.38. The van der Waals surface area contributed by atoms with E-state index in [0.717, 1.165) is 16.7 Å². The summed E-state index contributed by atoms with van der Waals surface area (Å²) >= 11 is 0. The number of hydrogen-bond donors (Lipinski definition) is 0. The molecule has 0 radical (unpaired) electrons. The predicted octanol–water partition coefficient (Wildman–Crippen LogP) is 5.61. The zero-order chi connectivity index (χ0) is 25.5. The van der Waals surface area contributed by atoms with Crippen LogP contribution in [-0.2, 0) is 30.8 Å². The van der Waals surface area contributed by atoms with Crippen molar-refractivity contribution < 1.29 is 22.6 Å². The molecule has 0 amide bonds. The van der Waals surface area contributed by atoms with Crippen LogP contribution in [0, 0.1) is 6.92 Å². The van der Waals surface area contributed by atoms with Gasteiger partial charge in [0.2, 0.25) is 10.0 Å². The van der Waals surface area contributed by atoms with Crippen molar-refractivity contribution in [2.75, 3.05) is 6.79 Å². The highest BCUT2D eigenvalue weighted by Gasteiger charge is 2.50. The summed E-state index contributed by atoms with van der Waals surface area (Å²) in [5.74, 6) is 0. The molecule has 0 unspecified atom stereocenters. The average molecular weight is 508 g/mol. The number of hydrogen-bond acceptors (Lipinski definition) is 5. The standard InChI is InChI=1S/C29H33NO5S/c1-4-11-27(34-21-33-20-24-12-7-5-8-13-24)29-30(36(31,32)26-18-16-22(2)17-19-26)23(3)28(35-29)25-14-9-6-10-15-25/h4-19,23,27-29H,20-21H2,1-3H3/b11-4+/t23-,27-,28-,29+/m0/s1. The summed E-state index contributed by atoms with van der Waals surface area (Å²) in [6, 6.07) is 25.9. The van der Waals surface area contributed by atoms with Gasteiger partial charge in [0.1, 0.15) is 19.0 Å². The van der Waals surface area contributed by atoms with E-state index in [0.29, 0.717) is 6.61 Å². The minimum Gasteiger partial charge on any atom is -0.351 e. The van der Waals surface area contributed by atoms with Crippen molar-refractivity contribution in [3.63, 3.8) is 0 Å². The van der Waals surface area contributed by atoms with Gasteiger partial charge in [-0.3, -0.25) is 0 Å². The van der Waals surface area contributed by atoms with E-state index in [1.807, 2.05) is 93.6 Å². The number of sulfonamides is 1. The van der Waals surface area contributed by atoms with Gasteiger partial charge in [-0.05, 0) is 44.0 Å². The smallest absolute Gasteiger partial charge is 0.245 e. The first-order valence-electron chi connectivity index (χ1n) is 12.1. The van der Waals surface area contributed by atoms with Crippen LogP contribution in [0.5, 0.6) is 0 Å². The second kappa shape index (κ2) is 12.0. The monoisotopic (exact) mass is 507 g/mol. The highest BCUT2D eigenvalue weighted by atomic mass is 32.2. The molecule has 1 aliphatic heterocycles. The van der Waals surface area contributed by atoms with Gasteiger partial charge in [0, 0.05) is 0 Å². The van der Waals surface area contributed by atoms with Gasteiger partial charge in [-0.2, -0.15) is 4.31 Å². The molecule has 3 aromatic rings. The summed E-state index contributed by atoms with van der Waals surface area (Å²) in [6.07, 6.45) is 1.67. The van der Waals surface area contributed by atoms with Crippen molar-refractivity contribution in [1.82, 2.24) is 4.31 Å². The Balaban J connectivity index is 1.61.